The Balaban J connectivity index is 1.16. The van der Waals surface area contributed by atoms with Crippen LogP contribution in [0.4, 0.5) is 4.79 Å². The van der Waals surface area contributed by atoms with Crippen molar-refractivity contribution in [1.29, 1.82) is 0 Å². The molecule has 1 aliphatic carbocycles. The maximum atomic E-state index is 13.1. The Kier molecular flexibility index (Phi) is 6.70. The van der Waals surface area contributed by atoms with E-state index in [4.69, 9.17) is 14.6 Å². The Labute approximate surface area is 203 Å². The van der Waals surface area contributed by atoms with E-state index >= 15 is 0 Å². The van der Waals surface area contributed by atoms with Gasteiger partial charge in [-0.2, -0.15) is 0 Å². The van der Waals surface area contributed by atoms with Crippen molar-refractivity contribution < 1.29 is 29.0 Å². The molecule has 2 saturated heterocycles. The van der Waals surface area contributed by atoms with E-state index in [1.165, 1.54) is 0 Å². The van der Waals surface area contributed by atoms with E-state index in [0.717, 1.165) is 22.3 Å². The second-order valence-corrected chi connectivity index (χ2v) is 9.22. The van der Waals surface area contributed by atoms with Crippen LogP contribution in [0.2, 0.25) is 0 Å². The van der Waals surface area contributed by atoms with Crippen LogP contribution in [0.15, 0.2) is 48.5 Å². The van der Waals surface area contributed by atoms with Crippen LogP contribution >= 0.6 is 0 Å². The van der Waals surface area contributed by atoms with E-state index in [9.17, 15) is 14.4 Å². The molecule has 2 aromatic carbocycles. The maximum absolute atomic E-state index is 13.1. The number of carbonyl (C=O) groups is 3. The smallest absolute Gasteiger partial charge is 0.407 e. The molecular weight excluding hydrogens is 450 g/mol. The second kappa shape index (κ2) is 10.1. The molecule has 2 aromatic rings. The van der Waals surface area contributed by atoms with Crippen LogP contribution < -0.4 is 5.32 Å². The number of ether oxygens (including phenoxy) is 2. The molecule has 0 aromatic heterocycles. The molecule has 0 saturated carbocycles. The molecule has 3 aliphatic rings. The lowest BCUT2D eigenvalue weighted by atomic mass is 9.98. The Morgan fingerprint density at radius 3 is 2.20 bits per heavy atom. The third-order valence-corrected chi connectivity index (χ3v) is 7.09. The predicted molar refractivity (Wildman–Crippen MR) is 127 cm³/mol. The van der Waals surface area contributed by atoms with Crippen LogP contribution in [0.5, 0.6) is 0 Å². The molecule has 2 unspecified atom stereocenters. The highest BCUT2D eigenvalue weighted by atomic mass is 16.5. The fourth-order valence-corrected chi connectivity index (χ4v) is 5.28. The van der Waals surface area contributed by atoms with Crippen molar-refractivity contribution in [2.24, 2.45) is 5.92 Å². The molecule has 2 fully saturated rings. The minimum atomic E-state index is -0.874. The number of amides is 2. The Bertz CT molecular complexity index is 1070. The Morgan fingerprint density at radius 1 is 0.943 bits per heavy atom. The number of rotatable bonds is 6. The number of hydrogen-bond acceptors (Lipinski definition) is 6. The summed E-state index contributed by atoms with van der Waals surface area (Å²) in [6.07, 6.45) is -0.563. The van der Waals surface area contributed by atoms with Gasteiger partial charge in [0.2, 0.25) is 5.91 Å². The number of piperazine rings is 1. The van der Waals surface area contributed by atoms with Crippen molar-refractivity contribution in [3.8, 4) is 11.1 Å². The topological polar surface area (TPSA) is 108 Å². The summed E-state index contributed by atoms with van der Waals surface area (Å²) >= 11 is 0. The van der Waals surface area contributed by atoms with Crippen LogP contribution in [0.1, 0.15) is 17.0 Å². The van der Waals surface area contributed by atoms with E-state index < -0.39 is 24.0 Å². The van der Waals surface area contributed by atoms with E-state index in [0.29, 0.717) is 26.2 Å². The van der Waals surface area contributed by atoms with Crippen molar-refractivity contribution in [2.45, 2.75) is 12.0 Å². The molecule has 2 amide bonds. The molecule has 0 spiro atoms. The van der Waals surface area contributed by atoms with Crippen molar-refractivity contribution in [3.05, 3.63) is 59.7 Å². The summed E-state index contributed by atoms with van der Waals surface area (Å²) in [5, 5.41) is 11.8. The summed E-state index contributed by atoms with van der Waals surface area (Å²) < 4.78 is 11.2. The average Bonchev–Trinajstić information content (AvgIpc) is 3.45. The molecule has 0 radical (unpaired) electrons. The standard InChI is InChI=1S/C26H29N3O6/c30-24(31)13-28-9-11-29(12-10-28)25(32)22-14-34-16-23(22)27-26(33)35-15-21-19-7-3-1-5-17(19)18-6-2-4-8-20(18)21/h1-8,21-23H,9-16H2,(H,27,33)(H,30,31). The average molecular weight is 480 g/mol. The van der Waals surface area contributed by atoms with Gasteiger partial charge in [0.05, 0.1) is 31.7 Å². The molecule has 0 bridgehead atoms. The number of aliphatic carboxylic acids is 1. The van der Waals surface area contributed by atoms with Gasteiger partial charge in [0, 0.05) is 32.1 Å². The van der Waals surface area contributed by atoms with Gasteiger partial charge in [0.15, 0.2) is 0 Å². The molecule has 35 heavy (non-hydrogen) atoms. The van der Waals surface area contributed by atoms with E-state index in [-0.39, 0.29) is 38.2 Å². The van der Waals surface area contributed by atoms with Crippen LogP contribution in [0.25, 0.3) is 11.1 Å². The van der Waals surface area contributed by atoms with Gasteiger partial charge in [-0.25, -0.2) is 4.79 Å². The number of nitrogens with zero attached hydrogens (tertiary/aromatic N) is 2. The van der Waals surface area contributed by atoms with Crippen molar-refractivity contribution >= 4 is 18.0 Å². The number of hydrogen-bond donors (Lipinski definition) is 2. The molecule has 2 atom stereocenters. The third kappa shape index (κ3) is 4.87. The molecule has 5 rings (SSSR count). The minimum Gasteiger partial charge on any atom is -0.480 e. The number of carbonyl (C=O) groups excluding carboxylic acids is 2. The summed E-state index contributed by atoms with van der Waals surface area (Å²) in [5.41, 5.74) is 4.60. The number of fused-ring (bicyclic) bond motifs is 3. The molecule has 184 valence electrons. The first-order valence-corrected chi connectivity index (χ1v) is 11.9. The Hall–Kier alpha value is -3.43. The van der Waals surface area contributed by atoms with Gasteiger partial charge in [-0.05, 0) is 22.3 Å². The normalized spacial score (nSPS) is 21.9. The number of alkyl carbamates (subject to hydrolysis) is 1. The zero-order valence-electron chi connectivity index (χ0n) is 19.4. The molecule has 9 heteroatoms. The first-order valence-electron chi connectivity index (χ1n) is 11.9. The summed E-state index contributed by atoms with van der Waals surface area (Å²) in [4.78, 5) is 40.2. The van der Waals surface area contributed by atoms with Crippen molar-refractivity contribution in [2.75, 3.05) is 52.5 Å². The van der Waals surface area contributed by atoms with Gasteiger partial charge in [0.25, 0.3) is 0 Å². The zero-order valence-corrected chi connectivity index (χ0v) is 19.4. The highest BCUT2D eigenvalue weighted by Crippen LogP contribution is 2.44. The third-order valence-electron chi connectivity index (χ3n) is 7.09. The first-order chi connectivity index (χ1) is 17.0. The maximum Gasteiger partial charge on any atom is 0.407 e. The summed E-state index contributed by atoms with van der Waals surface area (Å²) in [7, 11) is 0. The molecular formula is C26H29N3O6. The quantitative estimate of drug-likeness (QED) is 0.650. The van der Waals surface area contributed by atoms with Gasteiger partial charge in [0.1, 0.15) is 6.61 Å². The van der Waals surface area contributed by atoms with Crippen molar-refractivity contribution in [3.63, 3.8) is 0 Å². The van der Waals surface area contributed by atoms with E-state index in [2.05, 4.69) is 29.6 Å². The van der Waals surface area contributed by atoms with Gasteiger partial charge in [-0.15, -0.1) is 0 Å². The number of carboxylic acids is 1. The summed E-state index contributed by atoms with van der Waals surface area (Å²) in [5.74, 6) is -1.48. The highest BCUT2D eigenvalue weighted by Gasteiger charge is 2.39. The van der Waals surface area contributed by atoms with Crippen molar-refractivity contribution in [1.82, 2.24) is 15.1 Å². The number of nitrogens with one attached hydrogen (secondary N) is 1. The lowest BCUT2D eigenvalue weighted by Crippen LogP contribution is -2.54. The van der Waals surface area contributed by atoms with Crippen LogP contribution in [-0.2, 0) is 19.1 Å². The fourth-order valence-electron chi connectivity index (χ4n) is 5.28. The highest BCUT2D eigenvalue weighted by molar-refractivity contribution is 5.81. The molecule has 9 nitrogen and oxygen atoms in total. The molecule has 2 N–H and O–H groups in total. The fraction of sp³-hybridized carbons (Fsp3) is 0.423. The zero-order chi connectivity index (χ0) is 24.4. The minimum absolute atomic E-state index is 0.0272. The molecule has 2 aliphatic heterocycles. The predicted octanol–water partition coefficient (Wildman–Crippen LogP) is 1.77. The van der Waals surface area contributed by atoms with Gasteiger partial charge >= 0.3 is 12.1 Å². The van der Waals surface area contributed by atoms with Crippen LogP contribution in [0.3, 0.4) is 0 Å². The van der Waals surface area contributed by atoms with Gasteiger partial charge < -0.3 is 24.8 Å². The SMILES string of the molecule is O=C(O)CN1CCN(C(=O)C2COCC2NC(=O)OCC2c3ccccc3-c3ccccc32)CC1. The monoisotopic (exact) mass is 479 g/mol. The number of carboxylic acid groups (broad SMARTS) is 1. The largest absolute Gasteiger partial charge is 0.480 e. The van der Waals surface area contributed by atoms with Crippen LogP contribution in [-0.4, -0.2) is 91.5 Å². The molecule has 2 heterocycles. The van der Waals surface area contributed by atoms with Gasteiger partial charge in [-0.1, -0.05) is 48.5 Å². The van der Waals surface area contributed by atoms with Gasteiger partial charge in [-0.3, -0.25) is 14.5 Å². The van der Waals surface area contributed by atoms with E-state index in [1.807, 2.05) is 29.2 Å². The number of benzene rings is 2. The lowest BCUT2D eigenvalue weighted by Gasteiger charge is -2.35. The lowest BCUT2D eigenvalue weighted by molar-refractivity contribution is -0.140. The first kappa shape index (κ1) is 23.3. The summed E-state index contributed by atoms with van der Waals surface area (Å²) in [6, 6.07) is 15.8. The van der Waals surface area contributed by atoms with E-state index in [1.54, 1.807) is 4.90 Å². The summed E-state index contributed by atoms with van der Waals surface area (Å²) in [6.45, 7) is 2.60. The second-order valence-electron chi connectivity index (χ2n) is 9.22. The Morgan fingerprint density at radius 2 is 1.57 bits per heavy atom. The van der Waals surface area contributed by atoms with Crippen LogP contribution in [0, 0.1) is 5.92 Å².